The van der Waals surface area contributed by atoms with Gasteiger partial charge in [0, 0.05) is 47.0 Å². The predicted octanol–water partition coefficient (Wildman–Crippen LogP) is 4.12. The molecule has 0 bridgehead atoms. The van der Waals surface area contributed by atoms with Crippen LogP contribution in [-0.2, 0) is 4.79 Å². The molecule has 8 heteroatoms. The molecule has 1 aromatic heterocycles. The molecule has 0 unspecified atom stereocenters. The van der Waals surface area contributed by atoms with E-state index in [-0.39, 0.29) is 17.9 Å². The molecule has 2 heterocycles. The lowest BCUT2D eigenvalue weighted by atomic mass is 10.0. The number of carbonyl (C=O) groups is 2. The molecule has 2 N–H and O–H groups in total. The first-order valence-electron chi connectivity index (χ1n) is 10.0. The highest BCUT2D eigenvalue weighted by molar-refractivity contribution is 6.31. The second-order valence-corrected chi connectivity index (χ2v) is 7.84. The smallest absolute Gasteiger partial charge is 0.253 e. The number of halogens is 1. The molecule has 1 atom stereocenters. The van der Waals surface area contributed by atoms with Crippen LogP contribution in [0.5, 0.6) is 0 Å². The molecule has 158 valence electrons. The van der Waals surface area contributed by atoms with E-state index in [9.17, 15) is 9.59 Å². The van der Waals surface area contributed by atoms with Crippen molar-refractivity contribution in [3.05, 3.63) is 71.9 Å². The number of anilines is 2. The second kappa shape index (κ2) is 9.14. The van der Waals surface area contributed by atoms with Gasteiger partial charge in [-0.15, -0.1) is 0 Å². The summed E-state index contributed by atoms with van der Waals surface area (Å²) in [6.07, 6.45) is 4.77. The van der Waals surface area contributed by atoms with Crippen molar-refractivity contribution in [3.8, 4) is 0 Å². The molecule has 2 aromatic carbocycles. The van der Waals surface area contributed by atoms with Crippen LogP contribution in [0.3, 0.4) is 0 Å². The maximum atomic E-state index is 12.9. The fraction of sp³-hybridized carbons (Fsp3) is 0.217. The zero-order valence-corrected chi connectivity index (χ0v) is 17.6. The fourth-order valence-electron chi connectivity index (χ4n) is 3.61. The van der Waals surface area contributed by atoms with Gasteiger partial charge in [0.05, 0.1) is 5.52 Å². The number of carbonyl (C=O) groups excluding carboxylic acids is 2. The first-order chi connectivity index (χ1) is 15.0. The third-order valence-electron chi connectivity index (χ3n) is 5.17. The summed E-state index contributed by atoms with van der Waals surface area (Å²) in [5.41, 5.74) is 2.01. The molecule has 1 saturated heterocycles. The Balaban J connectivity index is 1.41. The number of nitrogens with zero attached hydrogens (tertiary/aromatic N) is 3. The Hall–Kier alpha value is -3.45. The van der Waals surface area contributed by atoms with Crippen molar-refractivity contribution in [2.75, 3.05) is 23.7 Å². The first kappa shape index (κ1) is 20.8. The van der Waals surface area contributed by atoms with Crippen LogP contribution < -0.4 is 10.6 Å². The van der Waals surface area contributed by atoms with E-state index in [2.05, 4.69) is 27.2 Å². The highest BCUT2D eigenvalue weighted by atomic mass is 35.5. The number of amides is 2. The minimum atomic E-state index is -0.289. The normalized spacial score (nSPS) is 16.0. The van der Waals surface area contributed by atoms with E-state index in [1.807, 2.05) is 17.0 Å². The molecule has 0 aliphatic carbocycles. The summed E-state index contributed by atoms with van der Waals surface area (Å²) in [5, 5.41) is 7.56. The number of aromatic nitrogens is 2. The summed E-state index contributed by atoms with van der Waals surface area (Å²) in [7, 11) is 0. The highest BCUT2D eigenvalue weighted by Crippen LogP contribution is 2.21. The van der Waals surface area contributed by atoms with Crippen molar-refractivity contribution >= 4 is 46.0 Å². The maximum absolute atomic E-state index is 12.9. The molecule has 1 aliphatic heterocycles. The van der Waals surface area contributed by atoms with Crippen LogP contribution in [0.4, 0.5) is 11.6 Å². The average Bonchev–Trinajstić information content (AvgIpc) is 2.79. The van der Waals surface area contributed by atoms with E-state index < -0.39 is 0 Å². The van der Waals surface area contributed by atoms with E-state index in [0.717, 1.165) is 23.7 Å². The fourth-order valence-corrected chi connectivity index (χ4v) is 3.79. The number of piperidine rings is 1. The van der Waals surface area contributed by atoms with Crippen LogP contribution in [0.25, 0.3) is 10.9 Å². The number of nitrogens with one attached hydrogen (secondary N) is 2. The Morgan fingerprint density at radius 2 is 2.00 bits per heavy atom. The molecular weight excluding hydrogens is 414 g/mol. The highest BCUT2D eigenvalue weighted by Gasteiger charge is 2.25. The van der Waals surface area contributed by atoms with E-state index >= 15 is 0 Å². The summed E-state index contributed by atoms with van der Waals surface area (Å²) in [6, 6.07) is 12.4. The van der Waals surface area contributed by atoms with Crippen molar-refractivity contribution in [2.45, 2.75) is 18.9 Å². The van der Waals surface area contributed by atoms with Gasteiger partial charge in [-0.2, -0.15) is 0 Å². The third kappa shape index (κ3) is 5.00. The summed E-state index contributed by atoms with van der Waals surface area (Å²) >= 11 is 6.02. The van der Waals surface area contributed by atoms with Crippen LogP contribution in [0, 0.1) is 0 Å². The van der Waals surface area contributed by atoms with Crippen molar-refractivity contribution in [1.82, 2.24) is 14.9 Å². The number of benzene rings is 2. The van der Waals surface area contributed by atoms with E-state index in [1.54, 1.807) is 36.5 Å². The van der Waals surface area contributed by atoms with Gasteiger partial charge in [0.2, 0.25) is 11.9 Å². The van der Waals surface area contributed by atoms with Crippen molar-refractivity contribution < 1.29 is 9.59 Å². The van der Waals surface area contributed by atoms with Gasteiger partial charge in [-0.05, 0) is 61.4 Å². The van der Waals surface area contributed by atoms with Gasteiger partial charge in [-0.1, -0.05) is 18.2 Å². The van der Waals surface area contributed by atoms with E-state index in [0.29, 0.717) is 35.3 Å². The van der Waals surface area contributed by atoms with Crippen LogP contribution in [0.2, 0.25) is 5.02 Å². The van der Waals surface area contributed by atoms with Crippen LogP contribution in [0.15, 0.2) is 61.3 Å². The Bertz CT molecular complexity index is 1130. The monoisotopic (exact) mass is 435 g/mol. The van der Waals surface area contributed by atoms with Crippen molar-refractivity contribution in [1.29, 1.82) is 0 Å². The molecule has 0 saturated carbocycles. The zero-order chi connectivity index (χ0) is 21.8. The molecule has 0 spiro atoms. The standard InChI is InChI=1S/C23H22ClN5O2/c1-2-21(30)26-18-8-5-15(6-9-18)22(31)29-11-3-4-19(14-29)27-23-25-13-16-12-17(24)7-10-20(16)28-23/h2,5-10,12-13,19H,1,3-4,11,14H2,(H,26,30)(H,25,27,28)/t19-/m1/s1. The molecule has 3 aromatic rings. The lowest BCUT2D eigenvalue weighted by Gasteiger charge is -2.33. The Kier molecular flexibility index (Phi) is 6.13. The van der Waals surface area contributed by atoms with Gasteiger partial charge < -0.3 is 15.5 Å². The van der Waals surface area contributed by atoms with Crippen LogP contribution in [-0.4, -0.2) is 45.8 Å². The lowest BCUT2D eigenvalue weighted by Crippen LogP contribution is -2.45. The number of fused-ring (bicyclic) bond motifs is 1. The lowest BCUT2D eigenvalue weighted by molar-refractivity contribution is -0.111. The summed E-state index contributed by atoms with van der Waals surface area (Å²) in [5.74, 6) is 0.210. The zero-order valence-electron chi connectivity index (χ0n) is 16.8. The Morgan fingerprint density at radius 1 is 1.19 bits per heavy atom. The topological polar surface area (TPSA) is 87.2 Å². The van der Waals surface area contributed by atoms with Gasteiger partial charge in [0.25, 0.3) is 5.91 Å². The third-order valence-corrected chi connectivity index (χ3v) is 5.40. The van der Waals surface area contributed by atoms with E-state index in [4.69, 9.17) is 11.6 Å². The Morgan fingerprint density at radius 3 is 2.77 bits per heavy atom. The molecule has 7 nitrogen and oxygen atoms in total. The number of likely N-dealkylation sites (tertiary alicyclic amines) is 1. The van der Waals surface area contributed by atoms with Crippen molar-refractivity contribution in [2.24, 2.45) is 0 Å². The minimum absolute atomic E-state index is 0.0397. The molecular formula is C23H22ClN5O2. The van der Waals surface area contributed by atoms with Gasteiger partial charge in [0.1, 0.15) is 0 Å². The summed E-state index contributed by atoms with van der Waals surface area (Å²) in [6.45, 7) is 4.69. The average molecular weight is 436 g/mol. The van der Waals surface area contributed by atoms with Gasteiger partial charge in [0.15, 0.2) is 0 Å². The quantitative estimate of drug-likeness (QED) is 0.588. The predicted molar refractivity (Wildman–Crippen MR) is 122 cm³/mol. The van der Waals surface area contributed by atoms with Gasteiger partial charge >= 0.3 is 0 Å². The van der Waals surface area contributed by atoms with E-state index in [1.165, 1.54) is 6.08 Å². The van der Waals surface area contributed by atoms with Gasteiger partial charge in [-0.3, -0.25) is 9.59 Å². The Labute approximate surface area is 185 Å². The van der Waals surface area contributed by atoms with Gasteiger partial charge in [-0.25, -0.2) is 9.97 Å². The SMILES string of the molecule is C=CC(=O)Nc1ccc(C(=O)N2CCC[C@@H](Nc3ncc4cc(Cl)ccc4n3)C2)cc1. The first-order valence-corrected chi connectivity index (χ1v) is 10.4. The molecule has 31 heavy (non-hydrogen) atoms. The molecule has 0 radical (unpaired) electrons. The maximum Gasteiger partial charge on any atom is 0.253 e. The van der Waals surface area contributed by atoms with Crippen LogP contribution in [0.1, 0.15) is 23.2 Å². The molecule has 1 aliphatic rings. The number of hydrogen-bond donors (Lipinski definition) is 2. The molecule has 2 amide bonds. The molecule has 4 rings (SSSR count). The second-order valence-electron chi connectivity index (χ2n) is 7.40. The summed E-state index contributed by atoms with van der Waals surface area (Å²) < 4.78 is 0. The number of rotatable bonds is 5. The number of hydrogen-bond acceptors (Lipinski definition) is 5. The summed E-state index contributed by atoms with van der Waals surface area (Å²) in [4.78, 5) is 35.1. The molecule has 1 fully saturated rings. The van der Waals surface area contributed by atoms with Crippen molar-refractivity contribution in [3.63, 3.8) is 0 Å². The largest absolute Gasteiger partial charge is 0.350 e. The minimum Gasteiger partial charge on any atom is -0.350 e. The van der Waals surface area contributed by atoms with Crippen LogP contribution >= 0.6 is 11.6 Å².